The van der Waals surface area contributed by atoms with Crippen molar-refractivity contribution < 1.29 is 23.9 Å². The summed E-state index contributed by atoms with van der Waals surface area (Å²) in [5.74, 6) is -0.223. The molecule has 1 fully saturated rings. The van der Waals surface area contributed by atoms with Crippen molar-refractivity contribution in [1.29, 1.82) is 5.26 Å². The van der Waals surface area contributed by atoms with Gasteiger partial charge in [-0.1, -0.05) is 19.3 Å². The Hall–Kier alpha value is -2.88. The van der Waals surface area contributed by atoms with Crippen molar-refractivity contribution in [3.05, 3.63) is 29.8 Å². The first-order chi connectivity index (χ1) is 13.9. The Labute approximate surface area is 171 Å². The lowest BCUT2D eigenvalue weighted by molar-refractivity contribution is -0.153. The van der Waals surface area contributed by atoms with Crippen LogP contribution in [0.3, 0.4) is 0 Å². The van der Waals surface area contributed by atoms with E-state index >= 15 is 0 Å². The van der Waals surface area contributed by atoms with Crippen LogP contribution in [0.15, 0.2) is 24.3 Å². The van der Waals surface area contributed by atoms with Crippen molar-refractivity contribution in [2.45, 2.75) is 57.4 Å². The number of esters is 1. The first-order valence-electron chi connectivity index (χ1n) is 9.95. The number of carbonyl (C=O) groups is 3. The Bertz CT molecular complexity index is 760. The van der Waals surface area contributed by atoms with Gasteiger partial charge >= 0.3 is 5.97 Å². The van der Waals surface area contributed by atoms with E-state index in [2.05, 4.69) is 6.07 Å². The standard InChI is InChI=1S/C22H28N2O5/c1-17(25)18-8-10-19(11-9-18)28-14-6-7-21(27)29-15-20(26)24(2)22(16-23)12-4-3-5-13-22/h8-11H,3-7,12-15H2,1-2H3. The zero-order valence-electron chi connectivity index (χ0n) is 17.1. The van der Waals surface area contributed by atoms with Gasteiger partial charge in [0, 0.05) is 19.0 Å². The Morgan fingerprint density at radius 1 is 1.14 bits per heavy atom. The van der Waals surface area contributed by atoms with E-state index in [0.717, 1.165) is 19.3 Å². The molecule has 1 saturated carbocycles. The number of Topliss-reactive ketones (excluding diaryl/α,β-unsaturated/α-hetero) is 1. The molecule has 0 bridgehead atoms. The third kappa shape index (κ3) is 6.31. The molecule has 0 saturated heterocycles. The maximum atomic E-state index is 12.4. The van der Waals surface area contributed by atoms with Crippen LogP contribution in [-0.2, 0) is 14.3 Å². The Balaban J connectivity index is 1.68. The lowest BCUT2D eigenvalue weighted by Crippen LogP contribution is -2.51. The quantitative estimate of drug-likeness (QED) is 0.358. The molecule has 1 amide bonds. The summed E-state index contributed by atoms with van der Waals surface area (Å²) >= 11 is 0. The van der Waals surface area contributed by atoms with E-state index in [0.29, 0.717) is 37.2 Å². The molecule has 29 heavy (non-hydrogen) atoms. The van der Waals surface area contributed by atoms with Gasteiger partial charge in [-0.15, -0.1) is 0 Å². The van der Waals surface area contributed by atoms with Gasteiger partial charge in [0.1, 0.15) is 11.3 Å². The topological polar surface area (TPSA) is 96.7 Å². The highest BCUT2D eigenvalue weighted by atomic mass is 16.5. The van der Waals surface area contributed by atoms with E-state index in [9.17, 15) is 19.6 Å². The van der Waals surface area contributed by atoms with Crippen molar-refractivity contribution in [3.8, 4) is 11.8 Å². The number of rotatable bonds is 9. The van der Waals surface area contributed by atoms with Crippen LogP contribution in [0.1, 0.15) is 62.2 Å². The summed E-state index contributed by atoms with van der Waals surface area (Å²) in [6.07, 6.45) is 4.80. The van der Waals surface area contributed by atoms with Gasteiger partial charge in [0.25, 0.3) is 5.91 Å². The molecule has 156 valence electrons. The molecule has 2 rings (SSSR count). The van der Waals surface area contributed by atoms with Gasteiger partial charge in [0.2, 0.25) is 0 Å². The maximum Gasteiger partial charge on any atom is 0.306 e. The fourth-order valence-corrected chi connectivity index (χ4v) is 3.40. The number of nitrogens with zero attached hydrogens (tertiary/aromatic N) is 2. The molecule has 0 aromatic heterocycles. The molecule has 7 heteroatoms. The molecule has 0 atom stereocenters. The predicted octanol–water partition coefficient (Wildman–Crippen LogP) is 3.28. The third-order valence-electron chi connectivity index (χ3n) is 5.32. The summed E-state index contributed by atoms with van der Waals surface area (Å²) < 4.78 is 10.6. The molecule has 0 radical (unpaired) electrons. The summed E-state index contributed by atoms with van der Waals surface area (Å²) in [6, 6.07) is 9.08. The number of ketones is 1. The first kappa shape index (κ1) is 22.4. The van der Waals surface area contributed by atoms with Gasteiger partial charge in [-0.3, -0.25) is 14.4 Å². The normalized spacial score (nSPS) is 15.1. The second kappa shape index (κ2) is 10.6. The van der Waals surface area contributed by atoms with E-state index in [4.69, 9.17) is 9.47 Å². The molecule has 1 aromatic rings. The van der Waals surface area contributed by atoms with Crippen LogP contribution < -0.4 is 4.74 Å². The van der Waals surface area contributed by atoms with Crippen LogP contribution in [-0.4, -0.2) is 48.4 Å². The van der Waals surface area contributed by atoms with Crippen molar-refractivity contribution in [3.63, 3.8) is 0 Å². The van der Waals surface area contributed by atoms with Crippen LogP contribution in [0.25, 0.3) is 0 Å². The van der Waals surface area contributed by atoms with Crippen molar-refractivity contribution >= 4 is 17.7 Å². The molecule has 1 aromatic carbocycles. The largest absolute Gasteiger partial charge is 0.494 e. The Kier molecular flexibility index (Phi) is 8.20. The summed E-state index contributed by atoms with van der Waals surface area (Å²) in [6.45, 7) is 1.46. The van der Waals surface area contributed by atoms with Gasteiger partial charge in [-0.05, 0) is 50.5 Å². The molecule has 1 aliphatic rings. The average Bonchev–Trinajstić information content (AvgIpc) is 2.75. The van der Waals surface area contributed by atoms with E-state index < -0.39 is 11.5 Å². The first-order valence-corrected chi connectivity index (χ1v) is 9.95. The Morgan fingerprint density at radius 2 is 1.79 bits per heavy atom. The lowest BCUT2D eigenvalue weighted by Gasteiger charge is -2.38. The number of hydrogen-bond donors (Lipinski definition) is 0. The molecule has 0 aliphatic heterocycles. The van der Waals surface area contributed by atoms with Crippen LogP contribution in [0.2, 0.25) is 0 Å². The van der Waals surface area contributed by atoms with Crippen LogP contribution in [0.4, 0.5) is 0 Å². The Morgan fingerprint density at radius 3 is 2.38 bits per heavy atom. The molecule has 0 spiro atoms. The fourth-order valence-electron chi connectivity index (χ4n) is 3.40. The second-order valence-corrected chi connectivity index (χ2v) is 7.35. The summed E-state index contributed by atoms with van der Waals surface area (Å²) in [5.41, 5.74) is -0.171. The minimum absolute atomic E-state index is 0.0105. The number of nitriles is 1. The highest BCUT2D eigenvalue weighted by Gasteiger charge is 2.38. The monoisotopic (exact) mass is 400 g/mol. The summed E-state index contributed by atoms with van der Waals surface area (Å²) in [4.78, 5) is 36.9. The zero-order valence-corrected chi connectivity index (χ0v) is 17.1. The number of carbonyl (C=O) groups excluding carboxylic acids is 3. The SMILES string of the molecule is CC(=O)c1ccc(OCCCC(=O)OCC(=O)N(C)C2(C#N)CCCCC2)cc1. The maximum absolute atomic E-state index is 12.4. The number of benzene rings is 1. The predicted molar refractivity (Wildman–Crippen MR) is 106 cm³/mol. The zero-order chi connectivity index (χ0) is 21.3. The minimum Gasteiger partial charge on any atom is -0.494 e. The second-order valence-electron chi connectivity index (χ2n) is 7.35. The van der Waals surface area contributed by atoms with Gasteiger partial charge in [-0.2, -0.15) is 5.26 Å². The number of likely N-dealkylation sites (N-methyl/N-ethyl adjacent to an activating group) is 1. The average molecular weight is 400 g/mol. The van der Waals surface area contributed by atoms with Gasteiger partial charge in [0.05, 0.1) is 12.7 Å². The van der Waals surface area contributed by atoms with Crippen LogP contribution in [0, 0.1) is 11.3 Å². The molecule has 1 aliphatic carbocycles. The number of hydrogen-bond acceptors (Lipinski definition) is 6. The van der Waals surface area contributed by atoms with E-state index in [-0.39, 0.29) is 24.7 Å². The smallest absolute Gasteiger partial charge is 0.306 e. The third-order valence-corrected chi connectivity index (χ3v) is 5.32. The molecular weight excluding hydrogens is 372 g/mol. The van der Waals surface area contributed by atoms with Crippen LogP contribution in [0.5, 0.6) is 5.75 Å². The molecular formula is C22H28N2O5. The molecule has 0 N–H and O–H groups in total. The molecule has 0 unspecified atom stereocenters. The van der Waals surface area contributed by atoms with Gasteiger partial charge in [0.15, 0.2) is 12.4 Å². The van der Waals surface area contributed by atoms with E-state index in [1.54, 1.807) is 31.3 Å². The van der Waals surface area contributed by atoms with Crippen molar-refractivity contribution in [2.24, 2.45) is 0 Å². The molecule has 0 heterocycles. The van der Waals surface area contributed by atoms with Crippen molar-refractivity contribution in [2.75, 3.05) is 20.3 Å². The lowest BCUT2D eigenvalue weighted by atomic mass is 9.81. The van der Waals surface area contributed by atoms with Crippen molar-refractivity contribution in [1.82, 2.24) is 4.90 Å². The molecule has 7 nitrogen and oxygen atoms in total. The fraction of sp³-hybridized carbons (Fsp3) is 0.545. The van der Waals surface area contributed by atoms with E-state index in [1.165, 1.54) is 11.8 Å². The summed E-state index contributed by atoms with van der Waals surface area (Å²) in [5, 5.41) is 9.54. The van der Waals surface area contributed by atoms with Gasteiger partial charge in [-0.25, -0.2) is 0 Å². The van der Waals surface area contributed by atoms with E-state index in [1.807, 2.05) is 0 Å². The van der Waals surface area contributed by atoms with Gasteiger partial charge < -0.3 is 14.4 Å². The number of amides is 1. The highest BCUT2D eigenvalue weighted by Crippen LogP contribution is 2.32. The number of ether oxygens (including phenoxy) is 2. The van der Waals surface area contributed by atoms with Crippen LogP contribution >= 0.6 is 0 Å². The summed E-state index contributed by atoms with van der Waals surface area (Å²) in [7, 11) is 1.61. The highest BCUT2D eigenvalue weighted by molar-refractivity contribution is 5.94. The minimum atomic E-state index is -0.784.